The van der Waals surface area contributed by atoms with E-state index in [4.69, 9.17) is 23.2 Å². The fourth-order valence-electron chi connectivity index (χ4n) is 2.25. The number of amides is 2. The predicted molar refractivity (Wildman–Crippen MR) is 107 cm³/mol. The third-order valence-corrected chi connectivity index (χ3v) is 4.82. The molecule has 2 rings (SSSR count). The summed E-state index contributed by atoms with van der Waals surface area (Å²) in [5.74, 6) is -16.2. The summed E-state index contributed by atoms with van der Waals surface area (Å²) < 4.78 is 89.7. The Bertz CT molecular complexity index is 1110. The molecule has 0 radical (unpaired) electrons. The maximum atomic E-state index is 13.5. The first-order valence-electron chi connectivity index (χ1n) is 8.62. The van der Waals surface area contributed by atoms with Gasteiger partial charge in [-0.1, -0.05) is 35.3 Å². The number of rotatable bonds is 6. The number of benzene rings is 2. The lowest BCUT2D eigenvalue weighted by Gasteiger charge is -2.27. The molecule has 0 aliphatic heterocycles. The number of anilines is 1. The summed E-state index contributed by atoms with van der Waals surface area (Å²) >= 11 is 11.6. The van der Waals surface area contributed by atoms with Crippen molar-refractivity contribution in [2.75, 3.05) is 5.32 Å². The van der Waals surface area contributed by atoms with Gasteiger partial charge in [0.05, 0.1) is 15.8 Å². The lowest BCUT2D eigenvalue weighted by Crippen LogP contribution is -2.57. The Labute approximate surface area is 191 Å². The first kappa shape index (κ1) is 26.4. The van der Waals surface area contributed by atoms with Gasteiger partial charge >= 0.3 is 23.9 Å². The largest absolute Gasteiger partial charge is 0.460 e. The molecule has 14 heteroatoms. The summed E-state index contributed by atoms with van der Waals surface area (Å²) in [6.07, 6.45) is -6.65. The fraction of sp³-hybridized carbons (Fsp3) is 0.211. The highest BCUT2D eigenvalue weighted by Gasteiger charge is 2.76. The maximum Gasteiger partial charge on any atom is 0.460 e. The van der Waals surface area contributed by atoms with E-state index in [1.165, 1.54) is 42.6 Å². The Morgan fingerprint density at radius 1 is 0.879 bits per heavy atom. The lowest BCUT2D eigenvalue weighted by atomic mass is 10.1. The highest BCUT2D eigenvalue weighted by molar-refractivity contribution is 6.42. The van der Waals surface area contributed by atoms with E-state index in [-0.39, 0.29) is 26.9 Å². The minimum Gasteiger partial charge on any atom is -0.321 e. The molecule has 2 aromatic carbocycles. The minimum absolute atomic E-state index is 0.0758. The second-order valence-electron chi connectivity index (χ2n) is 6.45. The van der Waals surface area contributed by atoms with E-state index in [1.807, 2.05) is 0 Å². The van der Waals surface area contributed by atoms with Gasteiger partial charge in [0.25, 0.3) is 5.91 Å². The van der Waals surface area contributed by atoms with Crippen LogP contribution in [0.5, 0.6) is 0 Å². The van der Waals surface area contributed by atoms with Crippen LogP contribution in [0.25, 0.3) is 0 Å². The van der Waals surface area contributed by atoms with Crippen molar-refractivity contribution in [2.45, 2.75) is 24.9 Å². The number of nitrogens with zero attached hydrogens (tertiary/aromatic N) is 1. The molecule has 5 nitrogen and oxygen atoms in total. The zero-order chi connectivity index (χ0) is 25.2. The van der Waals surface area contributed by atoms with Gasteiger partial charge < -0.3 is 5.32 Å². The molecule has 0 spiro atoms. The number of carbonyl (C=O) groups is 2. The second kappa shape index (κ2) is 9.56. The molecule has 0 aromatic heterocycles. The molecule has 0 aliphatic carbocycles. The van der Waals surface area contributed by atoms with Gasteiger partial charge in [-0.3, -0.25) is 9.59 Å². The van der Waals surface area contributed by atoms with Crippen LogP contribution < -0.4 is 10.7 Å². The normalized spacial score (nSPS) is 13.0. The molecule has 0 saturated carbocycles. The molecule has 2 amide bonds. The molecule has 0 bridgehead atoms. The van der Waals surface area contributed by atoms with Crippen LogP contribution in [-0.4, -0.2) is 35.5 Å². The van der Waals surface area contributed by atoms with Crippen molar-refractivity contribution >= 4 is 46.4 Å². The van der Waals surface area contributed by atoms with Crippen LogP contribution in [-0.2, 0) is 4.79 Å². The first-order valence-corrected chi connectivity index (χ1v) is 9.37. The molecule has 0 heterocycles. The minimum atomic E-state index is -6.65. The van der Waals surface area contributed by atoms with Crippen molar-refractivity contribution < 1.29 is 40.3 Å². The van der Waals surface area contributed by atoms with Crippen molar-refractivity contribution in [3.05, 3.63) is 63.6 Å². The third-order valence-electron chi connectivity index (χ3n) is 4.08. The van der Waals surface area contributed by atoms with E-state index in [0.29, 0.717) is 0 Å². The van der Waals surface area contributed by atoms with Crippen LogP contribution in [0, 0.1) is 0 Å². The van der Waals surface area contributed by atoms with Crippen molar-refractivity contribution in [2.24, 2.45) is 5.10 Å². The molecule has 0 unspecified atom stereocenters. The average Bonchev–Trinajstić information content (AvgIpc) is 2.72. The Hall–Kier alpha value is -2.86. The van der Waals surface area contributed by atoms with E-state index < -0.39 is 35.5 Å². The maximum absolute atomic E-state index is 13.5. The van der Waals surface area contributed by atoms with Crippen LogP contribution in [0.4, 0.5) is 36.4 Å². The van der Waals surface area contributed by atoms with Crippen LogP contribution >= 0.6 is 23.2 Å². The number of alkyl halides is 7. The van der Waals surface area contributed by atoms with Gasteiger partial charge in [0.2, 0.25) is 0 Å². The zero-order valence-corrected chi connectivity index (χ0v) is 17.7. The SMILES string of the molecule is C/C(=N\NC(=O)c1ccc(Cl)c(Cl)c1)c1cccc(NC(=O)C(F)(F)C(F)(F)C(F)(F)F)c1. The smallest absolute Gasteiger partial charge is 0.321 e. The van der Waals surface area contributed by atoms with E-state index in [9.17, 15) is 40.3 Å². The number of nitrogens with one attached hydrogen (secondary N) is 2. The second-order valence-corrected chi connectivity index (χ2v) is 7.26. The van der Waals surface area contributed by atoms with Gasteiger partial charge in [-0.15, -0.1) is 0 Å². The summed E-state index contributed by atoms with van der Waals surface area (Å²) in [6, 6.07) is 8.50. The van der Waals surface area contributed by atoms with Gasteiger partial charge in [-0.05, 0) is 42.8 Å². The molecular weight excluding hydrogens is 506 g/mol. The molecule has 0 saturated heterocycles. The monoisotopic (exact) mass is 517 g/mol. The van der Waals surface area contributed by atoms with Crippen LogP contribution in [0.2, 0.25) is 10.0 Å². The number of hydrazone groups is 1. The summed E-state index contributed by atoms with van der Waals surface area (Å²) in [7, 11) is 0. The van der Waals surface area contributed by atoms with Gasteiger partial charge in [-0.25, -0.2) is 5.43 Å². The van der Waals surface area contributed by atoms with Crippen molar-refractivity contribution in [3.8, 4) is 0 Å². The fourth-order valence-corrected chi connectivity index (χ4v) is 2.55. The molecule has 178 valence electrons. The molecule has 33 heavy (non-hydrogen) atoms. The van der Waals surface area contributed by atoms with Crippen molar-refractivity contribution in [1.82, 2.24) is 5.43 Å². The average molecular weight is 518 g/mol. The van der Waals surface area contributed by atoms with E-state index in [2.05, 4.69) is 10.5 Å². The molecule has 0 atom stereocenters. The first-order chi connectivity index (χ1) is 15.1. The predicted octanol–water partition coefficient (Wildman–Crippen LogP) is 5.92. The van der Waals surface area contributed by atoms with E-state index in [1.54, 1.807) is 0 Å². The van der Waals surface area contributed by atoms with Gasteiger partial charge in [-0.2, -0.15) is 35.8 Å². The molecule has 2 N–H and O–H groups in total. The Morgan fingerprint density at radius 2 is 1.52 bits per heavy atom. The summed E-state index contributed by atoms with van der Waals surface area (Å²) in [5.41, 5.74) is 1.97. The number of halogens is 9. The van der Waals surface area contributed by atoms with Crippen molar-refractivity contribution in [1.29, 1.82) is 0 Å². The van der Waals surface area contributed by atoms with Crippen LogP contribution in [0.3, 0.4) is 0 Å². The van der Waals surface area contributed by atoms with Crippen LogP contribution in [0.15, 0.2) is 47.6 Å². The van der Waals surface area contributed by atoms with Crippen LogP contribution in [0.1, 0.15) is 22.8 Å². The third kappa shape index (κ3) is 5.74. The van der Waals surface area contributed by atoms with Crippen molar-refractivity contribution in [3.63, 3.8) is 0 Å². The lowest BCUT2D eigenvalue weighted by molar-refractivity contribution is -0.343. The van der Waals surface area contributed by atoms with Gasteiger partial charge in [0.1, 0.15) is 0 Å². The molecule has 0 fully saturated rings. The highest BCUT2D eigenvalue weighted by Crippen LogP contribution is 2.46. The molecular formula is C19H12Cl2F7N3O2. The topological polar surface area (TPSA) is 70.6 Å². The van der Waals surface area contributed by atoms with E-state index in [0.717, 1.165) is 12.1 Å². The van der Waals surface area contributed by atoms with E-state index >= 15 is 0 Å². The zero-order valence-electron chi connectivity index (χ0n) is 16.2. The summed E-state index contributed by atoms with van der Waals surface area (Å²) in [6.45, 7) is 1.36. The van der Waals surface area contributed by atoms with Gasteiger partial charge in [0, 0.05) is 11.3 Å². The summed E-state index contributed by atoms with van der Waals surface area (Å²) in [5, 5.41) is 5.42. The standard InChI is InChI=1S/C19H12Cl2F7N3O2/c1-9(30-31-15(32)11-5-6-13(20)14(21)8-11)10-3-2-4-12(7-10)29-16(33)17(22,23)18(24,25)19(26,27)28/h2-8H,1H3,(H,29,33)(H,31,32)/b30-9+. The Kier molecular flexibility index (Phi) is 7.64. The number of hydrogen-bond acceptors (Lipinski definition) is 3. The highest BCUT2D eigenvalue weighted by atomic mass is 35.5. The molecule has 0 aliphatic rings. The Morgan fingerprint density at radius 3 is 2.09 bits per heavy atom. The quantitative estimate of drug-likeness (QED) is 0.283. The van der Waals surface area contributed by atoms with Gasteiger partial charge in [0.15, 0.2) is 0 Å². The summed E-state index contributed by atoms with van der Waals surface area (Å²) in [4.78, 5) is 23.6. The number of carbonyl (C=O) groups excluding carboxylic acids is 2. The Balaban J connectivity index is 2.17. The molecule has 2 aromatic rings. The number of hydrogen-bond donors (Lipinski definition) is 2.